The highest BCUT2D eigenvalue weighted by molar-refractivity contribution is 6.31. The molecular formula is C14H19ClN4. The minimum Gasteiger partial charge on any atom is -0.311 e. The van der Waals surface area contributed by atoms with Gasteiger partial charge >= 0.3 is 0 Å². The first kappa shape index (κ1) is 14.0. The molecule has 0 spiro atoms. The molecule has 0 amide bonds. The van der Waals surface area contributed by atoms with Crippen LogP contribution < -0.4 is 5.32 Å². The summed E-state index contributed by atoms with van der Waals surface area (Å²) in [7, 11) is 1.88. The van der Waals surface area contributed by atoms with E-state index in [2.05, 4.69) is 35.3 Å². The first-order chi connectivity index (χ1) is 9.02. The van der Waals surface area contributed by atoms with Crippen LogP contribution in [0.3, 0.4) is 0 Å². The predicted molar refractivity (Wildman–Crippen MR) is 80.4 cm³/mol. The molecule has 0 bridgehead atoms. The van der Waals surface area contributed by atoms with Gasteiger partial charge in [-0.25, -0.2) is 4.98 Å². The maximum atomic E-state index is 6.22. The first-order valence-electron chi connectivity index (χ1n) is 6.44. The zero-order valence-electron chi connectivity index (χ0n) is 11.7. The van der Waals surface area contributed by atoms with E-state index >= 15 is 0 Å². The van der Waals surface area contributed by atoms with Crippen LogP contribution in [0.25, 0.3) is 17.1 Å². The number of hydrogen-bond acceptors (Lipinski definition) is 3. The number of halogens is 1. The van der Waals surface area contributed by atoms with Crippen molar-refractivity contribution in [3.8, 4) is 0 Å². The Morgan fingerprint density at radius 1 is 1.53 bits per heavy atom. The van der Waals surface area contributed by atoms with Gasteiger partial charge in [-0.15, -0.1) is 0 Å². The number of nitrogens with zero attached hydrogens (tertiary/aromatic N) is 3. The molecule has 0 radical (unpaired) electrons. The third-order valence-electron chi connectivity index (χ3n) is 3.07. The number of rotatable bonds is 4. The molecule has 0 aliphatic heterocycles. The fourth-order valence-corrected chi connectivity index (χ4v) is 2.29. The van der Waals surface area contributed by atoms with Crippen molar-refractivity contribution in [1.29, 1.82) is 0 Å². The molecule has 0 saturated heterocycles. The van der Waals surface area contributed by atoms with E-state index in [4.69, 9.17) is 11.6 Å². The highest BCUT2D eigenvalue weighted by Gasteiger charge is 2.09. The minimum absolute atomic E-state index is 0.312. The van der Waals surface area contributed by atoms with Crippen molar-refractivity contribution in [1.82, 2.24) is 20.1 Å². The van der Waals surface area contributed by atoms with E-state index in [1.807, 2.05) is 26.1 Å². The summed E-state index contributed by atoms with van der Waals surface area (Å²) in [6.45, 7) is 7.12. The van der Waals surface area contributed by atoms with Gasteiger partial charge in [-0.3, -0.25) is 4.68 Å². The molecule has 1 unspecified atom stereocenters. The monoisotopic (exact) mass is 278 g/mol. The largest absolute Gasteiger partial charge is 0.311 e. The third kappa shape index (κ3) is 2.96. The SMILES string of the molecule is CCNC(C)/C=C/c1cc2c(C)nn(C)c2nc1Cl. The summed E-state index contributed by atoms with van der Waals surface area (Å²) in [5.74, 6) is 0. The average Bonchev–Trinajstić information content (AvgIpc) is 2.62. The standard InChI is InChI=1S/C14H19ClN4/c1-5-16-9(2)6-7-11-8-12-10(3)18-19(4)14(12)17-13(11)15/h6-9,16H,5H2,1-4H3/b7-6+. The number of hydrogen-bond donors (Lipinski definition) is 1. The topological polar surface area (TPSA) is 42.7 Å². The van der Waals surface area contributed by atoms with E-state index in [0.717, 1.165) is 28.8 Å². The summed E-state index contributed by atoms with van der Waals surface area (Å²) in [5.41, 5.74) is 2.71. The molecule has 5 heteroatoms. The predicted octanol–water partition coefficient (Wildman–Crippen LogP) is 2.94. The van der Waals surface area contributed by atoms with E-state index in [9.17, 15) is 0 Å². The number of aryl methyl sites for hydroxylation is 2. The molecule has 2 rings (SSSR count). The van der Waals surface area contributed by atoms with Crippen LogP contribution in [0, 0.1) is 6.92 Å². The van der Waals surface area contributed by atoms with Crippen LogP contribution in [0.15, 0.2) is 12.1 Å². The molecule has 2 aromatic heterocycles. The summed E-state index contributed by atoms with van der Waals surface area (Å²) in [6, 6.07) is 2.36. The lowest BCUT2D eigenvalue weighted by Crippen LogP contribution is -2.22. The molecule has 19 heavy (non-hydrogen) atoms. The number of pyridine rings is 1. The summed E-state index contributed by atoms with van der Waals surface area (Å²) >= 11 is 6.22. The van der Waals surface area contributed by atoms with Crippen molar-refractivity contribution < 1.29 is 0 Å². The number of nitrogens with one attached hydrogen (secondary N) is 1. The van der Waals surface area contributed by atoms with Gasteiger partial charge in [0, 0.05) is 24.0 Å². The fraction of sp³-hybridized carbons (Fsp3) is 0.429. The molecule has 4 nitrogen and oxygen atoms in total. The van der Waals surface area contributed by atoms with Gasteiger partial charge in [0.15, 0.2) is 5.65 Å². The van der Waals surface area contributed by atoms with E-state index < -0.39 is 0 Å². The van der Waals surface area contributed by atoms with Gasteiger partial charge < -0.3 is 5.32 Å². The zero-order chi connectivity index (χ0) is 14.0. The van der Waals surface area contributed by atoms with Crippen molar-refractivity contribution in [3.63, 3.8) is 0 Å². The Hall–Kier alpha value is -1.39. The highest BCUT2D eigenvalue weighted by Crippen LogP contribution is 2.23. The number of aromatic nitrogens is 3. The summed E-state index contributed by atoms with van der Waals surface area (Å²) in [6.07, 6.45) is 4.10. The Labute approximate surface area is 118 Å². The summed E-state index contributed by atoms with van der Waals surface area (Å²) in [5, 5.41) is 9.23. The lowest BCUT2D eigenvalue weighted by molar-refractivity contribution is 0.663. The van der Waals surface area contributed by atoms with Gasteiger partial charge in [-0.05, 0) is 26.5 Å². The Kier molecular flexibility index (Phi) is 4.22. The Morgan fingerprint density at radius 3 is 2.95 bits per heavy atom. The van der Waals surface area contributed by atoms with Gasteiger partial charge in [0.25, 0.3) is 0 Å². The molecule has 1 N–H and O–H groups in total. The van der Waals surface area contributed by atoms with Crippen LogP contribution in [-0.4, -0.2) is 27.4 Å². The fourth-order valence-electron chi connectivity index (χ4n) is 2.09. The average molecular weight is 279 g/mol. The smallest absolute Gasteiger partial charge is 0.159 e. The van der Waals surface area contributed by atoms with Gasteiger partial charge in [0.2, 0.25) is 0 Å². The van der Waals surface area contributed by atoms with Crippen molar-refractivity contribution in [2.24, 2.45) is 7.05 Å². The molecular weight excluding hydrogens is 260 g/mol. The molecule has 0 fully saturated rings. The second-order valence-corrected chi connectivity index (χ2v) is 5.01. The summed E-state index contributed by atoms with van der Waals surface area (Å²) < 4.78 is 1.76. The van der Waals surface area contributed by atoms with Crippen LogP contribution in [0.5, 0.6) is 0 Å². The van der Waals surface area contributed by atoms with Crippen LogP contribution >= 0.6 is 11.6 Å². The highest BCUT2D eigenvalue weighted by atomic mass is 35.5. The lowest BCUT2D eigenvalue weighted by Gasteiger charge is -2.06. The van der Waals surface area contributed by atoms with E-state index in [1.54, 1.807) is 4.68 Å². The molecule has 0 aromatic carbocycles. The normalized spacial score (nSPS) is 13.5. The van der Waals surface area contributed by atoms with Crippen molar-refractivity contribution in [2.75, 3.05) is 6.54 Å². The van der Waals surface area contributed by atoms with Crippen molar-refractivity contribution >= 4 is 28.7 Å². The Morgan fingerprint density at radius 2 is 2.26 bits per heavy atom. The molecule has 0 aliphatic carbocycles. The molecule has 1 atom stereocenters. The minimum atomic E-state index is 0.312. The molecule has 2 heterocycles. The lowest BCUT2D eigenvalue weighted by atomic mass is 10.1. The molecule has 2 aromatic rings. The molecule has 0 aliphatic rings. The quantitative estimate of drug-likeness (QED) is 0.875. The maximum absolute atomic E-state index is 6.22. The molecule has 102 valence electrons. The van der Waals surface area contributed by atoms with E-state index in [0.29, 0.717) is 11.2 Å². The zero-order valence-corrected chi connectivity index (χ0v) is 12.5. The van der Waals surface area contributed by atoms with Crippen LogP contribution in [0.1, 0.15) is 25.1 Å². The third-order valence-corrected chi connectivity index (χ3v) is 3.37. The second kappa shape index (κ2) is 5.72. The van der Waals surface area contributed by atoms with Gasteiger partial charge in [-0.2, -0.15) is 5.10 Å². The van der Waals surface area contributed by atoms with Crippen molar-refractivity contribution in [2.45, 2.75) is 26.8 Å². The van der Waals surface area contributed by atoms with Crippen LogP contribution in [-0.2, 0) is 7.05 Å². The van der Waals surface area contributed by atoms with Gasteiger partial charge in [0.1, 0.15) is 5.15 Å². The van der Waals surface area contributed by atoms with Gasteiger partial charge in [0.05, 0.1) is 5.69 Å². The van der Waals surface area contributed by atoms with E-state index in [-0.39, 0.29) is 0 Å². The molecule has 0 saturated carbocycles. The number of likely N-dealkylation sites (N-methyl/N-ethyl adjacent to an activating group) is 1. The first-order valence-corrected chi connectivity index (χ1v) is 6.82. The summed E-state index contributed by atoms with van der Waals surface area (Å²) in [4.78, 5) is 4.41. The number of fused-ring (bicyclic) bond motifs is 1. The second-order valence-electron chi connectivity index (χ2n) is 4.65. The maximum Gasteiger partial charge on any atom is 0.159 e. The van der Waals surface area contributed by atoms with Gasteiger partial charge in [-0.1, -0.05) is 30.7 Å². The van der Waals surface area contributed by atoms with Crippen molar-refractivity contribution in [3.05, 3.63) is 28.6 Å². The Balaban J connectivity index is 2.38. The van der Waals surface area contributed by atoms with Crippen LogP contribution in [0.4, 0.5) is 0 Å². The van der Waals surface area contributed by atoms with E-state index in [1.165, 1.54) is 0 Å². The Bertz CT molecular complexity index is 615. The van der Waals surface area contributed by atoms with Crippen LogP contribution in [0.2, 0.25) is 5.15 Å².